The van der Waals surface area contributed by atoms with E-state index in [0.717, 1.165) is 18.5 Å². The number of aliphatic hydroxyl groups excluding tert-OH is 1. The molecule has 10 heteroatoms. The lowest BCUT2D eigenvalue weighted by molar-refractivity contribution is -0.143. The normalized spacial score (nSPS) is 13.3. The van der Waals surface area contributed by atoms with Crippen molar-refractivity contribution in [2.45, 2.75) is 12.5 Å². The average molecular weight is 284 g/mol. The third kappa shape index (κ3) is 5.40. The third-order valence-electron chi connectivity index (χ3n) is 2.01. The first kappa shape index (κ1) is 16.8. The summed E-state index contributed by atoms with van der Waals surface area (Å²) in [5.41, 5.74) is 0. The van der Waals surface area contributed by atoms with Crippen LogP contribution in [0.4, 0.5) is 0 Å². The quantitative estimate of drug-likeness (QED) is 0.429. The number of aliphatic hydroxyl groups is 1. The Balaban J connectivity index is 4.62. The first-order valence-electron chi connectivity index (χ1n) is 4.88. The fraction of sp³-hybridized carbons (Fsp3) is 0.750. The molecule has 0 aliphatic carbocycles. The zero-order valence-electron chi connectivity index (χ0n) is 9.99. The van der Waals surface area contributed by atoms with Gasteiger partial charge in [-0.1, -0.05) is 0 Å². The van der Waals surface area contributed by atoms with E-state index in [4.69, 9.17) is 10.2 Å². The van der Waals surface area contributed by atoms with Gasteiger partial charge in [-0.2, -0.15) is 17.4 Å². The SMILES string of the molecule is COC(=O)C(CO)NS(=O)(=O)N(C)CCC(=O)O. The molecular formula is C8H16N2O7S. The van der Waals surface area contributed by atoms with Crippen LogP contribution in [0.3, 0.4) is 0 Å². The molecule has 9 nitrogen and oxygen atoms in total. The van der Waals surface area contributed by atoms with Gasteiger partial charge in [-0.05, 0) is 0 Å². The number of aliphatic carboxylic acids is 1. The Morgan fingerprint density at radius 3 is 2.39 bits per heavy atom. The van der Waals surface area contributed by atoms with Crippen LogP contribution in [0.5, 0.6) is 0 Å². The number of hydrogen-bond acceptors (Lipinski definition) is 6. The molecule has 1 unspecified atom stereocenters. The van der Waals surface area contributed by atoms with Crippen LogP contribution in [0.25, 0.3) is 0 Å². The molecule has 0 aliphatic rings. The van der Waals surface area contributed by atoms with E-state index in [2.05, 4.69) is 4.74 Å². The molecule has 0 saturated heterocycles. The van der Waals surface area contributed by atoms with Gasteiger partial charge in [0.15, 0.2) is 0 Å². The molecule has 0 heterocycles. The first-order valence-corrected chi connectivity index (χ1v) is 6.32. The number of ether oxygens (including phenoxy) is 1. The number of esters is 1. The highest BCUT2D eigenvalue weighted by Crippen LogP contribution is 1.99. The highest BCUT2D eigenvalue weighted by molar-refractivity contribution is 7.87. The zero-order valence-corrected chi connectivity index (χ0v) is 10.8. The van der Waals surface area contributed by atoms with Gasteiger partial charge in [-0.15, -0.1) is 0 Å². The predicted octanol–water partition coefficient (Wildman–Crippen LogP) is -2.24. The molecule has 0 bridgehead atoms. The highest BCUT2D eigenvalue weighted by atomic mass is 32.2. The fourth-order valence-electron chi connectivity index (χ4n) is 0.945. The molecule has 3 N–H and O–H groups in total. The number of carboxylic acids is 1. The maximum atomic E-state index is 11.6. The van der Waals surface area contributed by atoms with Gasteiger partial charge in [0.1, 0.15) is 6.04 Å². The predicted molar refractivity (Wildman–Crippen MR) is 59.8 cm³/mol. The topological polar surface area (TPSA) is 133 Å². The number of nitrogens with one attached hydrogen (secondary N) is 1. The summed E-state index contributed by atoms with van der Waals surface area (Å²) >= 11 is 0. The van der Waals surface area contributed by atoms with Crippen molar-refractivity contribution in [3.63, 3.8) is 0 Å². The van der Waals surface area contributed by atoms with Crippen molar-refractivity contribution in [3.05, 3.63) is 0 Å². The van der Waals surface area contributed by atoms with Gasteiger partial charge in [0.05, 0.1) is 20.1 Å². The zero-order chi connectivity index (χ0) is 14.3. The van der Waals surface area contributed by atoms with Crippen LogP contribution >= 0.6 is 0 Å². The first-order chi connectivity index (χ1) is 8.24. The van der Waals surface area contributed by atoms with Crippen molar-refractivity contribution in [1.82, 2.24) is 9.03 Å². The number of carboxylic acid groups (broad SMARTS) is 1. The minimum absolute atomic E-state index is 0.260. The van der Waals surface area contributed by atoms with Crippen LogP contribution in [0.1, 0.15) is 6.42 Å². The number of carbonyl (C=O) groups is 2. The van der Waals surface area contributed by atoms with Crippen molar-refractivity contribution in [1.29, 1.82) is 0 Å². The summed E-state index contributed by atoms with van der Waals surface area (Å²) < 4.78 is 30.2. The van der Waals surface area contributed by atoms with Gasteiger partial charge in [0, 0.05) is 13.6 Å². The Hall–Kier alpha value is -1.23. The molecule has 0 rings (SSSR count). The van der Waals surface area contributed by atoms with Crippen molar-refractivity contribution in [2.24, 2.45) is 0 Å². The van der Waals surface area contributed by atoms with Gasteiger partial charge in [0.25, 0.3) is 10.2 Å². The van der Waals surface area contributed by atoms with Crippen LogP contribution in [0.2, 0.25) is 0 Å². The van der Waals surface area contributed by atoms with E-state index in [1.54, 1.807) is 0 Å². The van der Waals surface area contributed by atoms with Crippen LogP contribution in [0, 0.1) is 0 Å². The lowest BCUT2D eigenvalue weighted by Gasteiger charge is -2.20. The summed E-state index contributed by atoms with van der Waals surface area (Å²) in [5.74, 6) is -2.09. The number of rotatable bonds is 8. The molecule has 0 aromatic heterocycles. The summed E-state index contributed by atoms with van der Waals surface area (Å²) in [6.07, 6.45) is -0.376. The maximum Gasteiger partial charge on any atom is 0.326 e. The average Bonchev–Trinajstić information content (AvgIpc) is 2.31. The molecule has 106 valence electrons. The second kappa shape index (κ2) is 7.26. The molecule has 1 atom stereocenters. The number of hydrogen-bond donors (Lipinski definition) is 3. The van der Waals surface area contributed by atoms with E-state index in [1.807, 2.05) is 4.72 Å². The Morgan fingerprint density at radius 2 is 2.00 bits per heavy atom. The Kier molecular flexibility index (Phi) is 6.76. The molecule has 0 fully saturated rings. The van der Waals surface area contributed by atoms with E-state index in [-0.39, 0.29) is 13.0 Å². The highest BCUT2D eigenvalue weighted by Gasteiger charge is 2.27. The largest absolute Gasteiger partial charge is 0.481 e. The van der Waals surface area contributed by atoms with Gasteiger partial charge >= 0.3 is 11.9 Å². The molecular weight excluding hydrogens is 268 g/mol. The molecule has 0 aliphatic heterocycles. The lowest BCUT2D eigenvalue weighted by atomic mass is 10.3. The van der Waals surface area contributed by atoms with Gasteiger partial charge in [0.2, 0.25) is 0 Å². The molecule has 0 spiro atoms. The maximum absolute atomic E-state index is 11.6. The molecule has 0 radical (unpaired) electrons. The van der Waals surface area contributed by atoms with Crippen LogP contribution in [-0.2, 0) is 24.5 Å². The van der Waals surface area contributed by atoms with Crippen molar-refractivity contribution < 1.29 is 33.0 Å². The number of methoxy groups -OCH3 is 1. The standard InChI is InChI=1S/C8H16N2O7S/c1-10(4-3-7(12)13)18(15,16)9-6(5-11)8(14)17-2/h6,9,11H,3-5H2,1-2H3,(H,12,13). The van der Waals surface area contributed by atoms with Gasteiger partial charge < -0.3 is 14.9 Å². The Labute approximate surface area is 105 Å². The molecule has 0 aromatic carbocycles. The van der Waals surface area contributed by atoms with E-state index in [0.29, 0.717) is 0 Å². The lowest BCUT2D eigenvalue weighted by Crippen LogP contribution is -2.49. The van der Waals surface area contributed by atoms with Crippen LogP contribution < -0.4 is 4.72 Å². The molecule has 0 saturated carbocycles. The smallest absolute Gasteiger partial charge is 0.326 e. The molecule has 18 heavy (non-hydrogen) atoms. The summed E-state index contributed by atoms with van der Waals surface area (Å²) in [5, 5.41) is 17.3. The Bertz CT molecular complexity index is 394. The number of nitrogens with zero attached hydrogens (tertiary/aromatic N) is 1. The van der Waals surface area contributed by atoms with Crippen molar-refractivity contribution in [2.75, 3.05) is 27.3 Å². The Morgan fingerprint density at radius 1 is 1.44 bits per heavy atom. The van der Waals surface area contributed by atoms with Crippen molar-refractivity contribution >= 4 is 22.1 Å². The summed E-state index contributed by atoms with van der Waals surface area (Å²) in [6, 6.07) is -1.42. The minimum Gasteiger partial charge on any atom is -0.481 e. The van der Waals surface area contributed by atoms with Crippen LogP contribution in [-0.4, -0.2) is 68.2 Å². The van der Waals surface area contributed by atoms with E-state index >= 15 is 0 Å². The minimum atomic E-state index is -4.06. The van der Waals surface area contributed by atoms with E-state index in [9.17, 15) is 18.0 Å². The molecule has 0 amide bonds. The fourth-order valence-corrected chi connectivity index (χ4v) is 1.99. The van der Waals surface area contributed by atoms with Crippen LogP contribution in [0.15, 0.2) is 0 Å². The summed E-state index contributed by atoms with van der Waals surface area (Å²) in [6.45, 7) is -1.03. The van der Waals surface area contributed by atoms with Crippen molar-refractivity contribution in [3.8, 4) is 0 Å². The van der Waals surface area contributed by atoms with Gasteiger partial charge in [-0.25, -0.2) is 0 Å². The molecule has 0 aromatic rings. The van der Waals surface area contributed by atoms with E-state index < -0.39 is 34.8 Å². The summed E-state index contributed by atoms with van der Waals surface area (Å²) in [4.78, 5) is 21.4. The van der Waals surface area contributed by atoms with E-state index in [1.165, 1.54) is 0 Å². The second-order valence-electron chi connectivity index (χ2n) is 3.35. The third-order valence-corrected chi connectivity index (χ3v) is 3.60. The van der Waals surface area contributed by atoms with Gasteiger partial charge in [-0.3, -0.25) is 9.59 Å². The number of carbonyl (C=O) groups excluding carboxylic acids is 1. The monoisotopic (exact) mass is 284 g/mol. The second-order valence-corrected chi connectivity index (χ2v) is 5.16. The summed E-state index contributed by atoms with van der Waals surface area (Å²) in [7, 11) is -1.86.